The summed E-state index contributed by atoms with van der Waals surface area (Å²) in [6, 6.07) is 6.42. The molecule has 0 aromatic heterocycles. The molecule has 0 radical (unpaired) electrons. The SMILES string of the molecule is CN1CCN(NC(NC(=O)c2ccccc2)(C(F)(F)F)C(F)(F)F)CC1. The molecule has 1 aliphatic rings. The molecule has 0 bridgehead atoms. The second-order valence-corrected chi connectivity index (χ2v) is 5.97. The first-order chi connectivity index (χ1) is 12.0. The Morgan fingerprint density at radius 2 is 1.42 bits per heavy atom. The van der Waals surface area contributed by atoms with Gasteiger partial charge in [-0.25, -0.2) is 10.4 Å². The summed E-state index contributed by atoms with van der Waals surface area (Å²) in [5.74, 6) is -1.48. The molecule has 1 aromatic carbocycles. The number of hydrogen-bond acceptors (Lipinski definition) is 4. The fourth-order valence-corrected chi connectivity index (χ4v) is 2.44. The fourth-order valence-electron chi connectivity index (χ4n) is 2.44. The van der Waals surface area contributed by atoms with E-state index in [1.54, 1.807) is 11.9 Å². The zero-order valence-electron chi connectivity index (χ0n) is 13.8. The number of amides is 1. The maximum absolute atomic E-state index is 13.5. The van der Waals surface area contributed by atoms with E-state index >= 15 is 0 Å². The zero-order valence-corrected chi connectivity index (χ0v) is 13.8. The lowest BCUT2D eigenvalue weighted by Gasteiger charge is -2.43. The summed E-state index contributed by atoms with van der Waals surface area (Å²) in [4.78, 5) is 13.8. The average Bonchev–Trinajstić information content (AvgIpc) is 2.54. The maximum atomic E-state index is 13.5. The van der Waals surface area contributed by atoms with Crippen molar-refractivity contribution < 1.29 is 31.1 Å². The number of halogens is 6. The molecule has 2 rings (SSSR count). The minimum atomic E-state index is -5.82. The van der Waals surface area contributed by atoms with Crippen molar-refractivity contribution in [2.45, 2.75) is 18.0 Å². The summed E-state index contributed by atoms with van der Waals surface area (Å²) in [5.41, 5.74) is -3.41. The van der Waals surface area contributed by atoms with Crippen molar-refractivity contribution in [1.29, 1.82) is 0 Å². The number of carbonyl (C=O) groups is 1. The standard InChI is InChI=1S/C15H18F6N4O/c1-24-7-9-25(10-8-24)23-13(14(16,17)18,15(19,20)21)22-12(26)11-5-3-2-4-6-11/h2-6,23H,7-10H2,1H3,(H,22,26). The molecule has 1 saturated heterocycles. The lowest BCUT2D eigenvalue weighted by molar-refractivity contribution is -0.327. The summed E-state index contributed by atoms with van der Waals surface area (Å²) in [6.45, 7) is 0.439. The largest absolute Gasteiger partial charge is 0.435 e. The van der Waals surface area contributed by atoms with Crippen molar-refractivity contribution in [2.75, 3.05) is 33.2 Å². The number of benzene rings is 1. The van der Waals surface area contributed by atoms with E-state index < -0.39 is 23.9 Å². The first-order valence-electron chi connectivity index (χ1n) is 7.68. The molecule has 5 nitrogen and oxygen atoms in total. The second-order valence-electron chi connectivity index (χ2n) is 5.97. The Morgan fingerprint density at radius 1 is 0.923 bits per heavy atom. The number of nitrogens with zero attached hydrogens (tertiary/aromatic N) is 2. The van der Waals surface area contributed by atoms with E-state index in [0.717, 1.165) is 22.5 Å². The van der Waals surface area contributed by atoms with Gasteiger partial charge in [-0.1, -0.05) is 18.2 Å². The Labute approximate surface area is 145 Å². The fraction of sp³-hybridized carbons (Fsp3) is 0.533. The van der Waals surface area contributed by atoms with E-state index in [1.165, 1.54) is 23.6 Å². The molecule has 1 aliphatic heterocycles. The van der Waals surface area contributed by atoms with Crippen LogP contribution in [0.4, 0.5) is 26.3 Å². The van der Waals surface area contributed by atoms with Crippen molar-refractivity contribution in [3.63, 3.8) is 0 Å². The number of likely N-dealkylation sites (N-methyl/N-ethyl adjacent to an activating group) is 1. The van der Waals surface area contributed by atoms with Crippen LogP contribution in [0.1, 0.15) is 10.4 Å². The molecule has 0 aliphatic carbocycles. The lowest BCUT2D eigenvalue weighted by Crippen LogP contribution is -2.78. The Balaban J connectivity index is 2.35. The molecule has 0 unspecified atom stereocenters. The van der Waals surface area contributed by atoms with E-state index in [0.29, 0.717) is 0 Å². The first-order valence-corrected chi connectivity index (χ1v) is 7.68. The molecule has 1 fully saturated rings. The van der Waals surface area contributed by atoms with Crippen LogP contribution in [0.25, 0.3) is 0 Å². The van der Waals surface area contributed by atoms with E-state index in [4.69, 9.17) is 0 Å². The minimum Gasteiger partial charge on any atom is -0.318 e. The number of alkyl halides is 6. The van der Waals surface area contributed by atoms with Gasteiger partial charge in [-0.15, -0.1) is 0 Å². The topological polar surface area (TPSA) is 47.6 Å². The Hall–Kier alpha value is -1.85. The smallest absolute Gasteiger partial charge is 0.318 e. The number of carbonyl (C=O) groups excluding carboxylic acids is 1. The van der Waals surface area contributed by atoms with E-state index in [-0.39, 0.29) is 31.7 Å². The summed E-state index contributed by atoms with van der Waals surface area (Å²) < 4.78 is 81.3. The summed E-state index contributed by atoms with van der Waals surface area (Å²) in [6.07, 6.45) is -11.6. The van der Waals surface area contributed by atoms with E-state index in [1.807, 2.05) is 0 Å². The number of hydrazine groups is 1. The first kappa shape index (κ1) is 20.5. The summed E-state index contributed by atoms with van der Waals surface area (Å²) in [7, 11) is 1.70. The van der Waals surface area contributed by atoms with Gasteiger partial charge in [0.1, 0.15) is 0 Å². The van der Waals surface area contributed by atoms with Gasteiger partial charge in [0.25, 0.3) is 11.6 Å². The van der Waals surface area contributed by atoms with Gasteiger partial charge < -0.3 is 10.2 Å². The Bertz CT molecular complexity index is 597. The molecule has 0 spiro atoms. The van der Waals surface area contributed by atoms with Crippen LogP contribution in [0.2, 0.25) is 0 Å². The van der Waals surface area contributed by atoms with Crippen LogP contribution in [-0.4, -0.2) is 67.1 Å². The molecule has 26 heavy (non-hydrogen) atoms. The molecule has 11 heteroatoms. The van der Waals surface area contributed by atoms with Gasteiger partial charge in [-0.3, -0.25) is 4.79 Å². The molecular weight excluding hydrogens is 366 g/mol. The van der Waals surface area contributed by atoms with Gasteiger partial charge in [-0.2, -0.15) is 26.3 Å². The minimum absolute atomic E-state index is 0.0639. The van der Waals surface area contributed by atoms with E-state index in [9.17, 15) is 31.1 Å². The molecule has 2 N–H and O–H groups in total. The third-order valence-corrected chi connectivity index (χ3v) is 4.02. The summed E-state index contributed by atoms with van der Waals surface area (Å²) >= 11 is 0. The summed E-state index contributed by atoms with van der Waals surface area (Å²) in [5, 5.41) is 1.96. The van der Waals surface area contributed by atoms with Crippen LogP contribution in [0.5, 0.6) is 0 Å². The van der Waals surface area contributed by atoms with Crippen molar-refractivity contribution in [1.82, 2.24) is 20.7 Å². The number of nitrogens with one attached hydrogen (secondary N) is 2. The lowest BCUT2D eigenvalue weighted by atomic mass is 10.1. The molecular formula is C15H18F6N4O. The van der Waals surface area contributed by atoms with Gasteiger partial charge in [0.15, 0.2) is 0 Å². The highest BCUT2D eigenvalue weighted by molar-refractivity contribution is 5.94. The van der Waals surface area contributed by atoms with E-state index in [2.05, 4.69) is 0 Å². The molecule has 0 atom stereocenters. The Kier molecular flexibility index (Phi) is 5.83. The number of rotatable bonds is 4. The van der Waals surface area contributed by atoms with Crippen LogP contribution in [0.3, 0.4) is 0 Å². The maximum Gasteiger partial charge on any atom is 0.435 e. The average molecular weight is 384 g/mol. The predicted octanol–water partition coefficient (Wildman–Crippen LogP) is 1.99. The van der Waals surface area contributed by atoms with Gasteiger partial charge in [-0.05, 0) is 19.2 Å². The molecule has 146 valence electrons. The van der Waals surface area contributed by atoms with Gasteiger partial charge >= 0.3 is 12.4 Å². The van der Waals surface area contributed by atoms with Crippen molar-refractivity contribution in [3.8, 4) is 0 Å². The van der Waals surface area contributed by atoms with Gasteiger partial charge in [0, 0.05) is 31.7 Å². The van der Waals surface area contributed by atoms with Crippen LogP contribution in [-0.2, 0) is 0 Å². The normalized spacial score (nSPS) is 18.0. The molecule has 1 heterocycles. The van der Waals surface area contributed by atoms with Crippen molar-refractivity contribution in [2.24, 2.45) is 0 Å². The third-order valence-electron chi connectivity index (χ3n) is 4.02. The number of hydrogen-bond donors (Lipinski definition) is 2. The van der Waals surface area contributed by atoms with Gasteiger partial charge in [0.05, 0.1) is 0 Å². The van der Waals surface area contributed by atoms with Crippen LogP contribution in [0.15, 0.2) is 30.3 Å². The highest BCUT2D eigenvalue weighted by Gasteiger charge is 2.73. The number of piperazine rings is 1. The van der Waals surface area contributed by atoms with Crippen molar-refractivity contribution in [3.05, 3.63) is 35.9 Å². The highest BCUT2D eigenvalue weighted by atomic mass is 19.4. The van der Waals surface area contributed by atoms with Gasteiger partial charge in [0.2, 0.25) is 0 Å². The zero-order chi connectivity index (χ0) is 19.6. The quantitative estimate of drug-likeness (QED) is 0.616. The van der Waals surface area contributed by atoms with Crippen LogP contribution in [0, 0.1) is 0 Å². The predicted molar refractivity (Wildman–Crippen MR) is 81.0 cm³/mol. The molecule has 1 aromatic rings. The molecule has 0 saturated carbocycles. The Morgan fingerprint density at radius 3 is 1.88 bits per heavy atom. The highest BCUT2D eigenvalue weighted by Crippen LogP contribution is 2.41. The van der Waals surface area contributed by atoms with Crippen molar-refractivity contribution >= 4 is 5.91 Å². The third kappa shape index (κ3) is 4.27. The van der Waals surface area contributed by atoms with Crippen LogP contribution >= 0.6 is 0 Å². The monoisotopic (exact) mass is 384 g/mol. The second kappa shape index (κ2) is 7.41. The molecule has 1 amide bonds. The van der Waals surface area contributed by atoms with Crippen LogP contribution < -0.4 is 10.7 Å².